The minimum atomic E-state index is -0.409. The van der Waals surface area contributed by atoms with E-state index in [9.17, 15) is 9.90 Å². The molecule has 0 atom stereocenters. The maximum absolute atomic E-state index is 12.4. The van der Waals surface area contributed by atoms with Gasteiger partial charge in [0.25, 0.3) is 5.91 Å². The van der Waals surface area contributed by atoms with Gasteiger partial charge in [0.1, 0.15) is 18.1 Å². The second-order valence-electron chi connectivity index (χ2n) is 5.67. The Morgan fingerprint density at radius 3 is 2.52 bits per heavy atom. The number of para-hydroxylation sites is 2. The number of carbonyl (C=O) groups is 1. The predicted molar refractivity (Wildman–Crippen MR) is 105 cm³/mol. The maximum atomic E-state index is 12.4. The number of halogens is 1. The molecule has 0 bridgehead atoms. The molecule has 1 amide bonds. The Bertz CT molecular complexity index is 956. The first-order valence-corrected chi connectivity index (χ1v) is 8.59. The van der Waals surface area contributed by atoms with E-state index in [-0.39, 0.29) is 5.75 Å². The molecule has 6 heteroatoms. The van der Waals surface area contributed by atoms with Crippen molar-refractivity contribution in [3.05, 3.63) is 94.5 Å². The van der Waals surface area contributed by atoms with Crippen molar-refractivity contribution < 1.29 is 14.6 Å². The van der Waals surface area contributed by atoms with Gasteiger partial charge in [0.15, 0.2) is 0 Å². The summed E-state index contributed by atoms with van der Waals surface area (Å²) in [6.07, 6.45) is 1.38. The molecule has 3 aromatic rings. The lowest BCUT2D eigenvalue weighted by atomic mass is 10.2. The summed E-state index contributed by atoms with van der Waals surface area (Å²) in [5.74, 6) is 0.123. The lowest BCUT2D eigenvalue weighted by molar-refractivity contribution is 0.0950. The van der Waals surface area contributed by atoms with Crippen LogP contribution >= 0.6 is 11.6 Å². The van der Waals surface area contributed by atoms with E-state index in [1.165, 1.54) is 6.21 Å². The van der Waals surface area contributed by atoms with Crippen LogP contribution in [-0.4, -0.2) is 17.2 Å². The summed E-state index contributed by atoms with van der Waals surface area (Å²) < 4.78 is 5.77. The second-order valence-corrected chi connectivity index (χ2v) is 6.11. The lowest BCUT2D eigenvalue weighted by Crippen LogP contribution is -2.18. The third-order valence-electron chi connectivity index (χ3n) is 3.75. The zero-order valence-corrected chi connectivity index (χ0v) is 15.1. The summed E-state index contributed by atoms with van der Waals surface area (Å²) in [6, 6.07) is 20.9. The van der Waals surface area contributed by atoms with Gasteiger partial charge in [-0.15, -0.1) is 0 Å². The first kappa shape index (κ1) is 18.5. The summed E-state index contributed by atoms with van der Waals surface area (Å²) >= 11 is 5.88. The number of ether oxygens (including phenoxy) is 1. The molecule has 3 aromatic carbocycles. The van der Waals surface area contributed by atoms with Crippen molar-refractivity contribution in [2.45, 2.75) is 6.61 Å². The van der Waals surface area contributed by atoms with Crippen LogP contribution in [0.25, 0.3) is 0 Å². The van der Waals surface area contributed by atoms with Crippen molar-refractivity contribution in [3.63, 3.8) is 0 Å². The van der Waals surface area contributed by atoms with Crippen LogP contribution in [0.5, 0.6) is 11.5 Å². The highest BCUT2D eigenvalue weighted by Gasteiger charge is 2.11. The molecular formula is C21H17ClN2O3. The molecule has 0 radical (unpaired) electrons. The molecule has 0 aliphatic rings. The van der Waals surface area contributed by atoms with Crippen molar-refractivity contribution in [1.29, 1.82) is 0 Å². The summed E-state index contributed by atoms with van der Waals surface area (Å²) in [5.41, 5.74) is 4.25. The first-order chi connectivity index (χ1) is 13.1. The van der Waals surface area contributed by atoms with Crippen LogP contribution in [0.3, 0.4) is 0 Å². The Balaban J connectivity index is 1.66. The van der Waals surface area contributed by atoms with E-state index in [1.807, 2.05) is 12.1 Å². The van der Waals surface area contributed by atoms with Crippen molar-refractivity contribution in [2.75, 3.05) is 0 Å². The van der Waals surface area contributed by atoms with Crippen molar-refractivity contribution >= 4 is 23.7 Å². The Hall–Kier alpha value is -3.31. The zero-order valence-electron chi connectivity index (χ0n) is 14.3. The van der Waals surface area contributed by atoms with Crippen LogP contribution < -0.4 is 10.2 Å². The summed E-state index contributed by atoms with van der Waals surface area (Å²) in [4.78, 5) is 12.4. The lowest BCUT2D eigenvalue weighted by Gasteiger charge is -2.10. The van der Waals surface area contributed by atoms with Gasteiger partial charge in [-0.1, -0.05) is 48.0 Å². The third kappa shape index (κ3) is 5.09. The molecular weight excluding hydrogens is 364 g/mol. The van der Waals surface area contributed by atoms with Crippen LogP contribution in [0.15, 0.2) is 77.9 Å². The normalized spacial score (nSPS) is 10.7. The minimum absolute atomic E-state index is 0.0854. The molecule has 0 aliphatic heterocycles. The number of benzene rings is 3. The fourth-order valence-corrected chi connectivity index (χ4v) is 2.47. The van der Waals surface area contributed by atoms with Crippen LogP contribution in [0.4, 0.5) is 0 Å². The van der Waals surface area contributed by atoms with Crippen molar-refractivity contribution in [2.24, 2.45) is 5.10 Å². The van der Waals surface area contributed by atoms with Crippen molar-refractivity contribution in [3.8, 4) is 11.5 Å². The molecule has 27 heavy (non-hydrogen) atoms. The van der Waals surface area contributed by atoms with E-state index in [1.54, 1.807) is 60.7 Å². The molecule has 0 spiro atoms. The molecule has 136 valence electrons. The minimum Gasteiger partial charge on any atom is -0.507 e. The fourth-order valence-electron chi connectivity index (χ4n) is 2.34. The van der Waals surface area contributed by atoms with E-state index >= 15 is 0 Å². The molecule has 0 aromatic heterocycles. The van der Waals surface area contributed by atoms with Gasteiger partial charge in [-0.25, -0.2) is 5.43 Å². The molecule has 0 heterocycles. The Morgan fingerprint density at radius 2 is 1.74 bits per heavy atom. The van der Waals surface area contributed by atoms with E-state index < -0.39 is 5.91 Å². The monoisotopic (exact) mass is 380 g/mol. The highest BCUT2D eigenvalue weighted by Crippen LogP contribution is 2.20. The number of hydrogen-bond donors (Lipinski definition) is 2. The summed E-state index contributed by atoms with van der Waals surface area (Å²) in [6.45, 7) is 0.308. The van der Waals surface area contributed by atoms with Crippen LogP contribution in [0.1, 0.15) is 21.5 Å². The number of carbonyl (C=O) groups excluding carboxylic acids is 1. The number of amides is 1. The van der Waals surface area contributed by atoms with E-state index in [0.29, 0.717) is 28.5 Å². The Labute approximate surface area is 161 Å². The van der Waals surface area contributed by atoms with Gasteiger partial charge in [-0.2, -0.15) is 5.10 Å². The standard InChI is InChI=1S/C21H17ClN2O3/c22-17-11-9-15(10-12-17)14-27-20-8-4-2-6-18(20)21(26)24-23-13-16-5-1-3-7-19(16)25/h1-13,25H,14H2,(H,24,26). The molecule has 0 unspecified atom stereocenters. The molecule has 0 saturated heterocycles. The van der Waals surface area contributed by atoms with E-state index in [0.717, 1.165) is 5.56 Å². The fraction of sp³-hybridized carbons (Fsp3) is 0.0476. The van der Waals surface area contributed by atoms with Gasteiger partial charge in [0.2, 0.25) is 0 Å². The highest BCUT2D eigenvalue weighted by atomic mass is 35.5. The van der Waals surface area contributed by atoms with Gasteiger partial charge in [-0.3, -0.25) is 4.79 Å². The average molecular weight is 381 g/mol. The quantitative estimate of drug-likeness (QED) is 0.492. The van der Waals surface area contributed by atoms with Gasteiger partial charge < -0.3 is 9.84 Å². The second kappa shape index (κ2) is 8.87. The van der Waals surface area contributed by atoms with Crippen LogP contribution in [0.2, 0.25) is 5.02 Å². The number of aromatic hydroxyl groups is 1. The smallest absolute Gasteiger partial charge is 0.275 e. The SMILES string of the molecule is O=C(NN=Cc1ccccc1O)c1ccccc1OCc1ccc(Cl)cc1. The molecule has 5 nitrogen and oxygen atoms in total. The maximum Gasteiger partial charge on any atom is 0.275 e. The average Bonchev–Trinajstić information content (AvgIpc) is 2.69. The third-order valence-corrected chi connectivity index (χ3v) is 4.00. The topological polar surface area (TPSA) is 70.9 Å². The number of nitrogens with zero attached hydrogens (tertiary/aromatic N) is 1. The summed E-state index contributed by atoms with van der Waals surface area (Å²) in [7, 11) is 0. The van der Waals surface area contributed by atoms with Gasteiger partial charge in [0.05, 0.1) is 11.8 Å². The Morgan fingerprint density at radius 1 is 1.04 bits per heavy atom. The van der Waals surface area contributed by atoms with Gasteiger partial charge >= 0.3 is 0 Å². The van der Waals surface area contributed by atoms with E-state index in [4.69, 9.17) is 16.3 Å². The van der Waals surface area contributed by atoms with E-state index in [2.05, 4.69) is 10.5 Å². The highest BCUT2D eigenvalue weighted by molar-refractivity contribution is 6.30. The molecule has 0 aliphatic carbocycles. The largest absolute Gasteiger partial charge is 0.507 e. The molecule has 3 rings (SSSR count). The van der Waals surface area contributed by atoms with Crippen molar-refractivity contribution in [1.82, 2.24) is 5.43 Å². The first-order valence-electron chi connectivity index (χ1n) is 8.21. The number of phenols is 1. The molecule has 2 N–H and O–H groups in total. The molecule has 0 fully saturated rings. The van der Waals surface area contributed by atoms with Gasteiger partial charge in [0, 0.05) is 10.6 Å². The number of nitrogens with one attached hydrogen (secondary N) is 1. The van der Waals surface area contributed by atoms with Crippen LogP contribution in [0, 0.1) is 0 Å². The number of hydrogen-bond acceptors (Lipinski definition) is 4. The number of rotatable bonds is 6. The van der Waals surface area contributed by atoms with Gasteiger partial charge in [-0.05, 0) is 42.0 Å². The molecule has 0 saturated carbocycles. The Kier molecular flexibility index (Phi) is 6.07. The number of hydrazone groups is 1. The summed E-state index contributed by atoms with van der Waals surface area (Å²) in [5, 5.41) is 14.2. The van der Waals surface area contributed by atoms with Crippen LogP contribution in [-0.2, 0) is 6.61 Å². The zero-order chi connectivity index (χ0) is 19.1. The number of phenolic OH excluding ortho intramolecular Hbond substituents is 1. The predicted octanol–water partition coefficient (Wildman–Crippen LogP) is 4.39.